The molecule has 1 saturated carbocycles. The maximum absolute atomic E-state index is 12.4. The molecule has 0 spiro atoms. The van der Waals surface area contributed by atoms with Gasteiger partial charge in [-0.05, 0) is 56.5 Å². The number of hydrogen-bond donors (Lipinski definition) is 2. The van der Waals surface area contributed by atoms with Gasteiger partial charge in [-0.1, -0.05) is 25.0 Å². The summed E-state index contributed by atoms with van der Waals surface area (Å²) in [5.41, 5.74) is 0.696. The average molecular weight is 332 g/mol. The number of methoxy groups -OCH3 is 1. The van der Waals surface area contributed by atoms with Gasteiger partial charge >= 0.3 is 0 Å². The van der Waals surface area contributed by atoms with E-state index in [4.69, 9.17) is 4.74 Å². The fourth-order valence-corrected chi connectivity index (χ4v) is 4.12. The quantitative estimate of drug-likeness (QED) is 0.839. The van der Waals surface area contributed by atoms with Gasteiger partial charge in [-0.3, -0.25) is 9.69 Å². The Balaban J connectivity index is 1.60. The van der Waals surface area contributed by atoms with Crippen molar-refractivity contribution in [2.24, 2.45) is 0 Å². The van der Waals surface area contributed by atoms with Gasteiger partial charge in [0.1, 0.15) is 5.75 Å². The van der Waals surface area contributed by atoms with Crippen LogP contribution in [0.3, 0.4) is 0 Å². The van der Waals surface area contributed by atoms with E-state index in [2.05, 4.69) is 10.2 Å². The van der Waals surface area contributed by atoms with E-state index in [9.17, 15) is 9.90 Å². The molecule has 2 aliphatic rings. The summed E-state index contributed by atoms with van der Waals surface area (Å²) in [5, 5.41) is 13.3. The third-order valence-corrected chi connectivity index (χ3v) is 5.58. The summed E-state index contributed by atoms with van der Waals surface area (Å²) >= 11 is 0. The molecule has 1 atom stereocenters. The first-order valence-corrected chi connectivity index (χ1v) is 8.99. The number of nitrogens with one attached hydrogen (secondary N) is 1. The van der Waals surface area contributed by atoms with Crippen molar-refractivity contribution in [2.45, 2.75) is 50.2 Å². The highest BCUT2D eigenvalue weighted by Crippen LogP contribution is 2.37. The monoisotopic (exact) mass is 332 g/mol. The molecule has 2 N–H and O–H groups in total. The van der Waals surface area contributed by atoms with Crippen molar-refractivity contribution >= 4 is 5.91 Å². The third kappa shape index (κ3) is 3.57. The molecular formula is C19H28N2O3. The van der Waals surface area contributed by atoms with E-state index in [-0.39, 0.29) is 11.4 Å². The number of aliphatic hydroxyl groups is 1. The Bertz CT molecular complexity index is 546. The zero-order valence-corrected chi connectivity index (χ0v) is 14.5. The zero-order valence-electron chi connectivity index (χ0n) is 14.5. The molecule has 1 heterocycles. The van der Waals surface area contributed by atoms with Crippen LogP contribution >= 0.6 is 0 Å². The number of carbonyl (C=O) groups is 1. The number of aliphatic hydroxyl groups excluding tert-OH is 1. The van der Waals surface area contributed by atoms with E-state index in [0.717, 1.165) is 25.9 Å². The largest absolute Gasteiger partial charge is 0.497 e. The lowest BCUT2D eigenvalue weighted by atomic mass is 9.95. The Hall–Kier alpha value is -1.59. The molecular weight excluding hydrogens is 304 g/mol. The molecule has 1 aliphatic heterocycles. The Morgan fingerprint density at radius 2 is 1.83 bits per heavy atom. The van der Waals surface area contributed by atoms with Crippen LogP contribution in [0.5, 0.6) is 5.75 Å². The smallest absolute Gasteiger partial charge is 0.253 e. The highest BCUT2D eigenvalue weighted by molar-refractivity contribution is 5.82. The predicted octanol–water partition coefficient (Wildman–Crippen LogP) is 2.25. The van der Waals surface area contributed by atoms with Gasteiger partial charge in [-0.2, -0.15) is 0 Å². The van der Waals surface area contributed by atoms with Gasteiger partial charge in [0.05, 0.1) is 7.11 Å². The Kier molecular flexibility index (Phi) is 5.41. The molecule has 2 fully saturated rings. The number of carbonyl (C=O) groups excluding carboxylic acids is 1. The first-order valence-electron chi connectivity index (χ1n) is 8.99. The summed E-state index contributed by atoms with van der Waals surface area (Å²) in [7, 11) is 1.59. The summed E-state index contributed by atoms with van der Waals surface area (Å²) in [6, 6.07) is 6.98. The summed E-state index contributed by atoms with van der Waals surface area (Å²) in [4.78, 5) is 15.0. The molecule has 3 rings (SSSR count). The fourth-order valence-electron chi connectivity index (χ4n) is 4.12. The SMILES string of the molecule is COc1ccc([C@@H](O)C(=O)NCC2(N3CCCC3)CCCC2)cc1. The van der Waals surface area contributed by atoms with Crippen molar-refractivity contribution in [3.8, 4) is 5.75 Å². The molecule has 0 radical (unpaired) electrons. The highest BCUT2D eigenvalue weighted by atomic mass is 16.5. The standard InChI is InChI=1S/C19H28N2O3/c1-24-16-8-6-15(7-9-16)17(22)18(23)20-14-19(10-2-3-11-19)21-12-4-5-13-21/h6-9,17,22H,2-5,10-14H2,1H3,(H,20,23)/t17-/m1/s1. The van der Waals surface area contributed by atoms with Crippen LogP contribution in [0.15, 0.2) is 24.3 Å². The molecule has 1 saturated heterocycles. The Labute approximate surface area is 144 Å². The first kappa shape index (κ1) is 17.2. The molecule has 1 amide bonds. The summed E-state index contributed by atoms with van der Waals surface area (Å²) < 4.78 is 5.11. The number of rotatable bonds is 6. The van der Waals surface area contributed by atoms with Crippen LogP contribution in [0.2, 0.25) is 0 Å². The lowest BCUT2D eigenvalue weighted by Gasteiger charge is -2.39. The molecule has 24 heavy (non-hydrogen) atoms. The number of hydrogen-bond acceptors (Lipinski definition) is 4. The van der Waals surface area contributed by atoms with Crippen LogP contribution in [0.4, 0.5) is 0 Å². The van der Waals surface area contributed by atoms with Crippen LogP contribution in [0.1, 0.15) is 50.2 Å². The minimum atomic E-state index is -1.13. The van der Waals surface area contributed by atoms with E-state index >= 15 is 0 Å². The summed E-state index contributed by atoms with van der Waals surface area (Å²) in [5.74, 6) is 0.399. The van der Waals surface area contributed by atoms with E-state index in [0.29, 0.717) is 17.9 Å². The molecule has 1 aliphatic carbocycles. The first-order chi connectivity index (χ1) is 11.6. The van der Waals surface area contributed by atoms with Gasteiger partial charge in [0.2, 0.25) is 0 Å². The molecule has 0 bridgehead atoms. The zero-order chi connectivity index (χ0) is 17.0. The van der Waals surface area contributed by atoms with Crippen LogP contribution in [-0.4, -0.2) is 48.2 Å². The van der Waals surface area contributed by atoms with Gasteiger partial charge in [0.15, 0.2) is 6.10 Å². The summed E-state index contributed by atoms with van der Waals surface area (Å²) in [6.07, 6.45) is 6.13. The number of amides is 1. The Morgan fingerprint density at radius 1 is 1.21 bits per heavy atom. The molecule has 1 aromatic carbocycles. The summed E-state index contributed by atoms with van der Waals surface area (Å²) in [6.45, 7) is 2.91. The van der Waals surface area contributed by atoms with Crippen LogP contribution in [-0.2, 0) is 4.79 Å². The molecule has 5 nitrogen and oxygen atoms in total. The second kappa shape index (κ2) is 7.53. The normalized spacial score (nSPS) is 21.6. The fraction of sp³-hybridized carbons (Fsp3) is 0.632. The van der Waals surface area contributed by atoms with Crippen LogP contribution in [0, 0.1) is 0 Å². The van der Waals surface area contributed by atoms with Crippen molar-refractivity contribution in [2.75, 3.05) is 26.7 Å². The van der Waals surface area contributed by atoms with E-state index in [1.54, 1.807) is 31.4 Å². The van der Waals surface area contributed by atoms with Crippen LogP contribution in [0.25, 0.3) is 0 Å². The minimum absolute atomic E-state index is 0.103. The van der Waals surface area contributed by atoms with Crippen molar-refractivity contribution in [1.29, 1.82) is 0 Å². The minimum Gasteiger partial charge on any atom is -0.497 e. The molecule has 5 heteroatoms. The predicted molar refractivity (Wildman–Crippen MR) is 93.0 cm³/mol. The van der Waals surface area contributed by atoms with Crippen molar-refractivity contribution in [1.82, 2.24) is 10.2 Å². The average Bonchev–Trinajstić information content (AvgIpc) is 3.31. The highest BCUT2D eigenvalue weighted by Gasteiger charge is 2.40. The van der Waals surface area contributed by atoms with Gasteiger partial charge in [0.25, 0.3) is 5.91 Å². The maximum Gasteiger partial charge on any atom is 0.253 e. The van der Waals surface area contributed by atoms with Gasteiger partial charge in [0, 0.05) is 12.1 Å². The van der Waals surface area contributed by atoms with E-state index in [1.807, 2.05) is 0 Å². The third-order valence-electron chi connectivity index (χ3n) is 5.58. The molecule has 1 aromatic rings. The van der Waals surface area contributed by atoms with Crippen LogP contribution < -0.4 is 10.1 Å². The topological polar surface area (TPSA) is 61.8 Å². The second-order valence-electron chi connectivity index (χ2n) is 7.02. The lowest BCUT2D eigenvalue weighted by molar-refractivity contribution is -0.130. The number of ether oxygens (including phenoxy) is 1. The van der Waals surface area contributed by atoms with Gasteiger partial charge < -0.3 is 15.2 Å². The van der Waals surface area contributed by atoms with E-state index < -0.39 is 6.10 Å². The van der Waals surface area contributed by atoms with Crippen molar-refractivity contribution < 1.29 is 14.6 Å². The molecule has 0 aromatic heterocycles. The van der Waals surface area contributed by atoms with E-state index in [1.165, 1.54) is 25.7 Å². The molecule has 0 unspecified atom stereocenters. The number of benzene rings is 1. The lowest BCUT2D eigenvalue weighted by Crippen LogP contribution is -2.53. The molecule has 132 valence electrons. The Morgan fingerprint density at radius 3 is 2.42 bits per heavy atom. The number of likely N-dealkylation sites (tertiary alicyclic amines) is 1. The maximum atomic E-state index is 12.4. The number of nitrogens with zero attached hydrogens (tertiary/aromatic N) is 1. The van der Waals surface area contributed by atoms with Crippen molar-refractivity contribution in [3.63, 3.8) is 0 Å². The van der Waals surface area contributed by atoms with Gasteiger partial charge in [-0.25, -0.2) is 0 Å². The van der Waals surface area contributed by atoms with Crippen molar-refractivity contribution in [3.05, 3.63) is 29.8 Å². The van der Waals surface area contributed by atoms with Gasteiger partial charge in [-0.15, -0.1) is 0 Å². The second-order valence-corrected chi connectivity index (χ2v) is 7.02.